The Morgan fingerprint density at radius 3 is 2.83 bits per heavy atom. The van der Waals surface area contributed by atoms with Crippen molar-refractivity contribution in [1.29, 1.82) is 0 Å². The van der Waals surface area contributed by atoms with Gasteiger partial charge in [-0.2, -0.15) is 0 Å². The summed E-state index contributed by atoms with van der Waals surface area (Å²) in [6.07, 6.45) is 2.40. The maximum absolute atomic E-state index is 12.3. The van der Waals surface area contributed by atoms with Gasteiger partial charge in [0.25, 0.3) is 0 Å². The van der Waals surface area contributed by atoms with Crippen molar-refractivity contribution in [2.24, 2.45) is 5.73 Å². The minimum atomic E-state index is -0.611. The van der Waals surface area contributed by atoms with Crippen molar-refractivity contribution >= 4 is 45.7 Å². The smallest absolute Gasteiger partial charge is 0.243 e. The number of thiazole rings is 1. The summed E-state index contributed by atoms with van der Waals surface area (Å²) < 4.78 is 0. The van der Waals surface area contributed by atoms with Crippen LogP contribution in [-0.4, -0.2) is 21.9 Å². The molecular weight excluding hydrogens is 344 g/mol. The second kappa shape index (κ2) is 7.79. The number of aromatic nitrogens is 2. The van der Waals surface area contributed by atoms with Crippen LogP contribution in [0, 0.1) is 0 Å². The van der Waals surface area contributed by atoms with E-state index < -0.39 is 6.04 Å². The molecule has 0 bridgehead atoms. The quantitative estimate of drug-likeness (QED) is 0.645. The molecule has 4 N–H and O–H groups in total. The number of rotatable bonds is 5. The van der Waals surface area contributed by atoms with Crippen LogP contribution in [0.5, 0.6) is 0 Å². The number of benzene rings is 1. The zero-order chi connectivity index (χ0) is 16.4. The first-order valence-electron chi connectivity index (χ1n) is 7.61. The van der Waals surface area contributed by atoms with E-state index in [9.17, 15) is 4.79 Å². The molecule has 0 radical (unpaired) electrons. The molecule has 2 aromatic heterocycles. The number of H-pyrrole nitrogens is 1. The molecule has 1 aromatic carbocycles. The van der Waals surface area contributed by atoms with E-state index in [1.54, 1.807) is 0 Å². The lowest BCUT2D eigenvalue weighted by atomic mass is 10.1. The predicted octanol–water partition coefficient (Wildman–Crippen LogP) is 3.68. The Bertz CT molecular complexity index is 827. The van der Waals surface area contributed by atoms with Crippen LogP contribution in [0.4, 0.5) is 5.13 Å². The number of nitrogens with one attached hydrogen (secondary N) is 2. The highest BCUT2D eigenvalue weighted by atomic mass is 35.5. The van der Waals surface area contributed by atoms with E-state index in [0.717, 1.165) is 22.2 Å². The van der Waals surface area contributed by atoms with E-state index in [1.807, 2.05) is 35.8 Å². The highest BCUT2D eigenvalue weighted by Crippen LogP contribution is 2.22. The number of para-hydroxylation sites is 1. The Hall–Kier alpha value is -1.89. The van der Waals surface area contributed by atoms with Gasteiger partial charge in [0, 0.05) is 22.5 Å². The molecule has 5 nitrogen and oxygen atoms in total. The van der Waals surface area contributed by atoms with Crippen LogP contribution in [0.25, 0.3) is 10.9 Å². The fraction of sp³-hybridized carbons (Fsp3) is 0.294. The molecule has 1 amide bonds. The Labute approximate surface area is 151 Å². The van der Waals surface area contributed by atoms with Crippen LogP contribution in [0.15, 0.2) is 35.8 Å². The molecule has 0 unspecified atom stereocenters. The summed E-state index contributed by atoms with van der Waals surface area (Å²) in [5, 5.41) is 6.48. The number of amides is 1. The van der Waals surface area contributed by atoms with E-state index >= 15 is 0 Å². The maximum atomic E-state index is 12.3. The summed E-state index contributed by atoms with van der Waals surface area (Å²) in [7, 11) is 0. The van der Waals surface area contributed by atoms with Gasteiger partial charge in [0.1, 0.15) is 0 Å². The first-order chi connectivity index (χ1) is 11.0. The first kappa shape index (κ1) is 18.4. The molecule has 1 atom stereocenters. The molecular formula is C17H21ClN4OS. The number of halogens is 1. The minimum Gasteiger partial charge on any atom is -0.361 e. The molecule has 24 heavy (non-hydrogen) atoms. The maximum Gasteiger partial charge on any atom is 0.243 e. The lowest BCUT2D eigenvalue weighted by Gasteiger charge is -2.10. The van der Waals surface area contributed by atoms with Crippen molar-refractivity contribution in [3.05, 3.63) is 47.1 Å². The third-order valence-electron chi connectivity index (χ3n) is 3.80. The molecule has 0 fully saturated rings. The SMILES string of the molecule is CC(C)c1csc(NC(=O)[C@@H](N)Cc2c[nH]c3ccccc23)n1.Cl. The van der Waals surface area contributed by atoms with Gasteiger partial charge in [-0.25, -0.2) is 4.98 Å². The van der Waals surface area contributed by atoms with Gasteiger partial charge in [-0.1, -0.05) is 32.0 Å². The molecule has 7 heteroatoms. The van der Waals surface area contributed by atoms with Gasteiger partial charge in [0.15, 0.2) is 5.13 Å². The van der Waals surface area contributed by atoms with Crippen molar-refractivity contribution in [3.63, 3.8) is 0 Å². The molecule has 128 valence electrons. The van der Waals surface area contributed by atoms with E-state index in [-0.39, 0.29) is 18.3 Å². The Morgan fingerprint density at radius 2 is 2.12 bits per heavy atom. The molecule has 0 aliphatic carbocycles. The lowest BCUT2D eigenvalue weighted by Crippen LogP contribution is -2.37. The lowest BCUT2D eigenvalue weighted by molar-refractivity contribution is -0.117. The highest BCUT2D eigenvalue weighted by Gasteiger charge is 2.18. The normalized spacial score (nSPS) is 12.2. The van der Waals surface area contributed by atoms with E-state index in [0.29, 0.717) is 17.5 Å². The molecule has 0 aliphatic heterocycles. The average molecular weight is 365 g/mol. The average Bonchev–Trinajstić information content (AvgIpc) is 3.15. The monoisotopic (exact) mass is 364 g/mol. The number of nitrogens with zero attached hydrogens (tertiary/aromatic N) is 1. The summed E-state index contributed by atoms with van der Waals surface area (Å²) in [5.41, 5.74) is 9.15. The minimum absolute atomic E-state index is 0. The number of nitrogens with two attached hydrogens (primary N) is 1. The number of fused-ring (bicyclic) bond motifs is 1. The number of aromatic amines is 1. The Balaban J connectivity index is 0.00000208. The largest absolute Gasteiger partial charge is 0.361 e. The van der Waals surface area contributed by atoms with Gasteiger partial charge < -0.3 is 16.0 Å². The van der Waals surface area contributed by atoms with Crippen molar-refractivity contribution in [2.45, 2.75) is 32.2 Å². The van der Waals surface area contributed by atoms with Gasteiger partial charge in [0.05, 0.1) is 11.7 Å². The Kier molecular flexibility index (Phi) is 5.99. The standard InChI is InChI=1S/C17H20N4OS.ClH/c1-10(2)15-9-23-17(20-15)21-16(22)13(18)7-11-8-19-14-6-4-3-5-12(11)14;/h3-6,8-10,13,19H,7,18H2,1-2H3,(H,20,21,22);1H/t13-;/m0./s1. The van der Waals surface area contributed by atoms with E-state index in [2.05, 4.69) is 29.1 Å². The number of hydrogen-bond donors (Lipinski definition) is 3. The Morgan fingerprint density at radius 1 is 1.38 bits per heavy atom. The molecule has 2 heterocycles. The highest BCUT2D eigenvalue weighted by molar-refractivity contribution is 7.13. The summed E-state index contributed by atoms with van der Waals surface area (Å²) in [4.78, 5) is 19.9. The van der Waals surface area contributed by atoms with Crippen molar-refractivity contribution in [2.75, 3.05) is 5.32 Å². The molecule has 0 aliphatic rings. The number of anilines is 1. The van der Waals surface area contributed by atoms with Crippen LogP contribution in [0.2, 0.25) is 0 Å². The number of hydrogen-bond acceptors (Lipinski definition) is 4. The van der Waals surface area contributed by atoms with Crippen LogP contribution < -0.4 is 11.1 Å². The molecule has 0 saturated heterocycles. The second-order valence-electron chi connectivity index (χ2n) is 5.89. The molecule has 0 saturated carbocycles. The molecule has 3 rings (SSSR count). The summed E-state index contributed by atoms with van der Waals surface area (Å²) in [6, 6.07) is 7.38. The zero-order valence-corrected chi connectivity index (χ0v) is 15.2. The fourth-order valence-corrected chi connectivity index (χ4v) is 3.31. The number of carbonyl (C=O) groups is 1. The van der Waals surface area contributed by atoms with Gasteiger partial charge >= 0.3 is 0 Å². The second-order valence-corrected chi connectivity index (χ2v) is 6.75. The van der Waals surface area contributed by atoms with Gasteiger partial charge in [-0.05, 0) is 24.0 Å². The fourth-order valence-electron chi connectivity index (χ4n) is 2.44. The first-order valence-corrected chi connectivity index (χ1v) is 8.49. The summed E-state index contributed by atoms with van der Waals surface area (Å²) in [5.74, 6) is 0.136. The summed E-state index contributed by atoms with van der Waals surface area (Å²) >= 11 is 1.43. The topological polar surface area (TPSA) is 83.8 Å². The van der Waals surface area contributed by atoms with E-state index in [1.165, 1.54) is 11.3 Å². The third kappa shape index (κ3) is 3.95. The van der Waals surface area contributed by atoms with Crippen LogP contribution in [0.1, 0.15) is 31.0 Å². The van der Waals surface area contributed by atoms with Crippen molar-refractivity contribution < 1.29 is 4.79 Å². The molecule has 3 aromatic rings. The predicted molar refractivity (Wildman–Crippen MR) is 102 cm³/mol. The number of carbonyl (C=O) groups excluding carboxylic acids is 1. The van der Waals surface area contributed by atoms with Gasteiger partial charge in [-0.3, -0.25) is 4.79 Å². The molecule has 0 spiro atoms. The van der Waals surface area contributed by atoms with Gasteiger partial charge in [-0.15, -0.1) is 23.7 Å². The van der Waals surface area contributed by atoms with Crippen molar-refractivity contribution in [1.82, 2.24) is 9.97 Å². The zero-order valence-electron chi connectivity index (χ0n) is 13.6. The van der Waals surface area contributed by atoms with Crippen molar-refractivity contribution in [3.8, 4) is 0 Å². The summed E-state index contributed by atoms with van der Waals surface area (Å²) in [6.45, 7) is 4.15. The van der Waals surface area contributed by atoms with Gasteiger partial charge in [0.2, 0.25) is 5.91 Å². The van der Waals surface area contributed by atoms with Crippen LogP contribution in [-0.2, 0) is 11.2 Å². The third-order valence-corrected chi connectivity index (χ3v) is 4.57. The van der Waals surface area contributed by atoms with E-state index in [4.69, 9.17) is 5.73 Å². The van der Waals surface area contributed by atoms with Crippen LogP contribution >= 0.6 is 23.7 Å². The van der Waals surface area contributed by atoms with Crippen LogP contribution in [0.3, 0.4) is 0 Å².